The largest absolute Gasteiger partial charge is 0.363 e. The standard InChI is InChI=1S/C13H12N2O4/c16-10-8-4-1-2-5-9(8)11(17)15(10)13(19)6-3-7-14-12(13)18/h1-2,4-5,19H,3,6-7H2,(H,14,18). The number of amides is 3. The van der Waals surface area contributed by atoms with Crippen molar-refractivity contribution < 1.29 is 19.5 Å². The molecule has 0 aliphatic carbocycles. The molecule has 0 saturated carbocycles. The zero-order chi connectivity index (χ0) is 13.6. The number of hydrogen-bond donors (Lipinski definition) is 2. The first-order valence-corrected chi connectivity index (χ1v) is 6.04. The molecule has 1 aromatic rings. The Morgan fingerprint density at radius 2 is 1.68 bits per heavy atom. The number of carbonyl (C=O) groups is 3. The van der Waals surface area contributed by atoms with Crippen LogP contribution < -0.4 is 5.32 Å². The van der Waals surface area contributed by atoms with Gasteiger partial charge in [-0.15, -0.1) is 0 Å². The molecule has 0 spiro atoms. The molecule has 2 N–H and O–H groups in total. The van der Waals surface area contributed by atoms with E-state index >= 15 is 0 Å². The van der Waals surface area contributed by atoms with Gasteiger partial charge in [0.25, 0.3) is 17.7 Å². The van der Waals surface area contributed by atoms with E-state index in [9.17, 15) is 19.5 Å². The Morgan fingerprint density at radius 3 is 2.21 bits per heavy atom. The van der Waals surface area contributed by atoms with Gasteiger partial charge in [-0.1, -0.05) is 12.1 Å². The van der Waals surface area contributed by atoms with Crippen LogP contribution in [0.1, 0.15) is 33.6 Å². The Morgan fingerprint density at radius 1 is 1.11 bits per heavy atom. The second-order valence-corrected chi connectivity index (χ2v) is 4.67. The number of piperidine rings is 1. The zero-order valence-corrected chi connectivity index (χ0v) is 10.0. The normalized spacial score (nSPS) is 26.4. The van der Waals surface area contributed by atoms with Crippen LogP contribution in [0.25, 0.3) is 0 Å². The average Bonchev–Trinajstić information content (AvgIpc) is 2.67. The number of nitrogens with zero attached hydrogens (tertiary/aromatic N) is 1. The van der Waals surface area contributed by atoms with E-state index in [0.29, 0.717) is 17.9 Å². The van der Waals surface area contributed by atoms with Gasteiger partial charge in [0.15, 0.2) is 0 Å². The summed E-state index contributed by atoms with van der Waals surface area (Å²) in [5, 5.41) is 12.9. The lowest BCUT2D eigenvalue weighted by atomic mass is 10.0. The van der Waals surface area contributed by atoms with Crippen molar-refractivity contribution in [3.8, 4) is 0 Å². The van der Waals surface area contributed by atoms with Gasteiger partial charge in [0.05, 0.1) is 11.1 Å². The molecule has 19 heavy (non-hydrogen) atoms. The van der Waals surface area contributed by atoms with Gasteiger partial charge < -0.3 is 10.4 Å². The lowest BCUT2D eigenvalue weighted by Gasteiger charge is -2.36. The Labute approximate surface area is 109 Å². The molecule has 1 fully saturated rings. The molecule has 1 unspecified atom stereocenters. The highest BCUT2D eigenvalue weighted by molar-refractivity contribution is 6.23. The van der Waals surface area contributed by atoms with Gasteiger partial charge in [-0.2, -0.15) is 0 Å². The molecule has 1 saturated heterocycles. The van der Waals surface area contributed by atoms with Crippen molar-refractivity contribution in [3.05, 3.63) is 35.4 Å². The summed E-state index contributed by atoms with van der Waals surface area (Å²) in [4.78, 5) is 37.0. The first kappa shape index (κ1) is 11.9. The molecule has 2 aliphatic heterocycles. The zero-order valence-electron chi connectivity index (χ0n) is 10.0. The summed E-state index contributed by atoms with van der Waals surface area (Å²) in [5.74, 6) is -1.95. The second-order valence-electron chi connectivity index (χ2n) is 4.67. The van der Waals surface area contributed by atoms with Crippen LogP contribution in [0.4, 0.5) is 0 Å². The first-order valence-electron chi connectivity index (χ1n) is 6.04. The molecular formula is C13H12N2O4. The highest BCUT2D eigenvalue weighted by Gasteiger charge is 2.53. The van der Waals surface area contributed by atoms with E-state index in [4.69, 9.17) is 0 Å². The van der Waals surface area contributed by atoms with Crippen LogP contribution in [-0.2, 0) is 4.79 Å². The van der Waals surface area contributed by atoms with Gasteiger partial charge in [0.2, 0.25) is 5.72 Å². The van der Waals surface area contributed by atoms with Gasteiger partial charge in [0.1, 0.15) is 0 Å². The molecule has 3 amide bonds. The van der Waals surface area contributed by atoms with E-state index in [1.54, 1.807) is 12.1 Å². The van der Waals surface area contributed by atoms with E-state index in [0.717, 1.165) is 0 Å². The molecule has 1 atom stereocenters. The summed E-state index contributed by atoms with van der Waals surface area (Å²) in [6, 6.07) is 6.30. The number of benzene rings is 1. The number of nitrogens with one attached hydrogen (secondary N) is 1. The minimum atomic E-state index is -2.08. The van der Waals surface area contributed by atoms with Crippen LogP contribution in [0.5, 0.6) is 0 Å². The van der Waals surface area contributed by atoms with Gasteiger partial charge in [-0.05, 0) is 18.6 Å². The number of rotatable bonds is 1. The first-order chi connectivity index (χ1) is 9.05. The number of aliphatic hydroxyl groups is 1. The molecule has 2 aliphatic rings. The monoisotopic (exact) mass is 260 g/mol. The highest BCUT2D eigenvalue weighted by atomic mass is 16.3. The van der Waals surface area contributed by atoms with Gasteiger partial charge in [0, 0.05) is 13.0 Å². The van der Waals surface area contributed by atoms with Crippen LogP contribution in [0.15, 0.2) is 24.3 Å². The summed E-state index contributed by atoms with van der Waals surface area (Å²) < 4.78 is 0. The van der Waals surface area contributed by atoms with Crippen molar-refractivity contribution in [1.29, 1.82) is 0 Å². The van der Waals surface area contributed by atoms with Gasteiger partial charge in [-0.3, -0.25) is 14.4 Å². The van der Waals surface area contributed by atoms with Gasteiger partial charge >= 0.3 is 0 Å². The van der Waals surface area contributed by atoms with Gasteiger partial charge in [-0.25, -0.2) is 4.90 Å². The Balaban J connectivity index is 2.06. The smallest absolute Gasteiger partial charge is 0.273 e. The molecule has 1 aromatic carbocycles. The molecule has 0 aromatic heterocycles. The molecule has 6 heteroatoms. The summed E-state index contributed by atoms with van der Waals surface area (Å²) in [5.41, 5.74) is -1.63. The van der Waals surface area contributed by atoms with E-state index < -0.39 is 23.4 Å². The number of imide groups is 1. The average molecular weight is 260 g/mol. The molecule has 2 heterocycles. The molecule has 0 radical (unpaired) electrons. The Bertz CT molecular complexity index is 563. The van der Waals surface area contributed by atoms with E-state index in [1.165, 1.54) is 12.1 Å². The maximum absolute atomic E-state index is 12.2. The highest BCUT2D eigenvalue weighted by Crippen LogP contribution is 2.32. The summed E-state index contributed by atoms with van der Waals surface area (Å²) in [6.45, 7) is 0.435. The van der Waals surface area contributed by atoms with Crippen molar-refractivity contribution in [2.75, 3.05) is 6.54 Å². The topological polar surface area (TPSA) is 86.7 Å². The Hall–Kier alpha value is -2.21. The fourth-order valence-electron chi connectivity index (χ4n) is 2.53. The maximum atomic E-state index is 12.2. The summed E-state index contributed by atoms with van der Waals surface area (Å²) >= 11 is 0. The fourth-order valence-corrected chi connectivity index (χ4v) is 2.53. The third kappa shape index (κ3) is 1.50. The third-order valence-corrected chi connectivity index (χ3v) is 3.52. The van der Waals surface area contributed by atoms with Crippen molar-refractivity contribution in [2.45, 2.75) is 18.6 Å². The minimum Gasteiger partial charge on any atom is -0.363 e. The van der Waals surface area contributed by atoms with Crippen LogP contribution in [0.3, 0.4) is 0 Å². The van der Waals surface area contributed by atoms with Crippen LogP contribution in [-0.4, -0.2) is 40.0 Å². The van der Waals surface area contributed by atoms with E-state index in [-0.39, 0.29) is 17.5 Å². The van der Waals surface area contributed by atoms with Crippen LogP contribution in [0.2, 0.25) is 0 Å². The Kier molecular flexibility index (Phi) is 2.43. The molecule has 0 bridgehead atoms. The predicted octanol–water partition coefficient (Wildman–Crippen LogP) is -0.119. The maximum Gasteiger partial charge on any atom is 0.273 e. The van der Waals surface area contributed by atoms with Crippen molar-refractivity contribution in [2.24, 2.45) is 0 Å². The van der Waals surface area contributed by atoms with E-state index in [2.05, 4.69) is 5.32 Å². The minimum absolute atomic E-state index is 0.0598. The quantitative estimate of drug-likeness (QED) is 0.689. The predicted molar refractivity (Wildman–Crippen MR) is 64.1 cm³/mol. The van der Waals surface area contributed by atoms with Crippen molar-refractivity contribution in [1.82, 2.24) is 10.2 Å². The molecule has 6 nitrogen and oxygen atoms in total. The SMILES string of the molecule is O=C1c2ccccc2C(=O)N1C1(O)CCCNC1=O. The molecule has 98 valence electrons. The van der Waals surface area contributed by atoms with Crippen molar-refractivity contribution >= 4 is 17.7 Å². The molecular weight excluding hydrogens is 248 g/mol. The second kappa shape index (κ2) is 3.89. The number of hydrogen-bond acceptors (Lipinski definition) is 4. The summed E-state index contributed by atoms with van der Waals surface area (Å²) in [6.07, 6.45) is 0.569. The van der Waals surface area contributed by atoms with Crippen LogP contribution >= 0.6 is 0 Å². The van der Waals surface area contributed by atoms with Crippen molar-refractivity contribution in [3.63, 3.8) is 0 Å². The number of fused-ring (bicyclic) bond motifs is 1. The lowest BCUT2D eigenvalue weighted by molar-refractivity contribution is -0.158. The van der Waals surface area contributed by atoms with E-state index in [1.807, 2.05) is 0 Å². The fraction of sp³-hybridized carbons (Fsp3) is 0.308. The number of carbonyl (C=O) groups excluding carboxylic acids is 3. The summed E-state index contributed by atoms with van der Waals surface area (Å²) in [7, 11) is 0. The van der Waals surface area contributed by atoms with Crippen LogP contribution in [0, 0.1) is 0 Å². The third-order valence-electron chi connectivity index (χ3n) is 3.52. The molecule has 3 rings (SSSR count). The lowest BCUT2D eigenvalue weighted by Crippen LogP contribution is -2.63.